The third-order valence-corrected chi connectivity index (χ3v) is 15.8. The second kappa shape index (κ2) is 4.85. The standard InChI is InChI=1S/C14H24O3P2S2/c15-18(20,13-5-1-11(9-13)2-6-13)17-19(16,21)14-7-3-12(10-14)4-8-14/h11-12H,1-10H2,(H,15,20)(H,16,21). The molecule has 7 heteroatoms. The van der Waals surface area contributed by atoms with Crippen molar-refractivity contribution in [2.24, 2.45) is 11.8 Å². The fourth-order valence-corrected chi connectivity index (χ4v) is 14.3. The van der Waals surface area contributed by atoms with Crippen LogP contribution in [0.5, 0.6) is 0 Å². The molecule has 3 nitrogen and oxygen atoms in total. The van der Waals surface area contributed by atoms with Gasteiger partial charge in [0.1, 0.15) is 0 Å². The van der Waals surface area contributed by atoms with Crippen LogP contribution in [0.15, 0.2) is 0 Å². The SMILES string of the molecule is OP(=S)(OP(O)(=S)C12CCC(CC1)C2)C12CCC(CC1)C2. The molecule has 21 heavy (non-hydrogen) atoms. The van der Waals surface area contributed by atoms with Crippen LogP contribution in [0.3, 0.4) is 0 Å². The van der Waals surface area contributed by atoms with E-state index in [2.05, 4.69) is 0 Å². The molecule has 0 aromatic carbocycles. The van der Waals surface area contributed by atoms with Crippen LogP contribution >= 0.6 is 13.0 Å². The van der Waals surface area contributed by atoms with Gasteiger partial charge in [-0.15, -0.1) is 0 Å². The highest BCUT2D eigenvalue weighted by Crippen LogP contribution is 2.80. The van der Waals surface area contributed by atoms with Crippen LogP contribution in [0.1, 0.15) is 64.2 Å². The maximum Gasteiger partial charge on any atom is 0.198 e. The molecule has 0 spiro atoms. The molecular formula is C14H24O3P2S2. The van der Waals surface area contributed by atoms with Gasteiger partial charge in [0, 0.05) is 10.3 Å². The van der Waals surface area contributed by atoms with Crippen molar-refractivity contribution >= 4 is 36.6 Å². The van der Waals surface area contributed by atoms with E-state index in [0.717, 1.165) is 64.2 Å². The van der Waals surface area contributed by atoms with E-state index in [4.69, 9.17) is 27.9 Å². The maximum absolute atomic E-state index is 11.0. The molecule has 4 aliphatic rings. The first-order valence-electron chi connectivity index (χ1n) is 8.15. The lowest BCUT2D eigenvalue weighted by Gasteiger charge is -2.41. The van der Waals surface area contributed by atoms with Gasteiger partial charge in [0.25, 0.3) is 0 Å². The Morgan fingerprint density at radius 3 is 1.33 bits per heavy atom. The molecule has 0 radical (unpaired) electrons. The second-order valence-electron chi connectivity index (χ2n) is 7.87. The van der Waals surface area contributed by atoms with Gasteiger partial charge in [0.15, 0.2) is 13.0 Å². The van der Waals surface area contributed by atoms with Gasteiger partial charge in [0.2, 0.25) is 0 Å². The summed E-state index contributed by atoms with van der Waals surface area (Å²) in [6.07, 6.45) is 10.5. The zero-order valence-electron chi connectivity index (χ0n) is 12.2. The number of hydrogen-bond donors (Lipinski definition) is 2. The van der Waals surface area contributed by atoms with Crippen LogP contribution in [0.25, 0.3) is 0 Å². The van der Waals surface area contributed by atoms with E-state index in [1.54, 1.807) is 0 Å². The van der Waals surface area contributed by atoms with Crippen molar-refractivity contribution < 1.29 is 14.1 Å². The smallest absolute Gasteiger partial charge is 0.198 e. The van der Waals surface area contributed by atoms with E-state index in [-0.39, 0.29) is 10.3 Å². The van der Waals surface area contributed by atoms with Crippen molar-refractivity contribution in [1.82, 2.24) is 0 Å². The molecule has 4 rings (SSSR count). The van der Waals surface area contributed by atoms with Crippen LogP contribution in [-0.4, -0.2) is 20.1 Å². The Hall–Kier alpha value is 1.18. The first kappa shape index (κ1) is 15.7. The molecule has 0 aromatic heterocycles. The average Bonchev–Trinajstić information content (AvgIpc) is 3.18. The highest BCUT2D eigenvalue weighted by atomic mass is 32.5. The van der Waals surface area contributed by atoms with Crippen LogP contribution in [0, 0.1) is 11.8 Å². The first-order chi connectivity index (χ1) is 9.78. The van der Waals surface area contributed by atoms with Crippen LogP contribution < -0.4 is 0 Å². The molecule has 0 aromatic rings. The average molecular weight is 366 g/mol. The normalized spacial score (nSPS) is 50.2. The van der Waals surface area contributed by atoms with E-state index in [0.29, 0.717) is 11.8 Å². The minimum atomic E-state index is -3.01. The summed E-state index contributed by atoms with van der Waals surface area (Å²) in [4.78, 5) is 22.0. The zero-order valence-corrected chi connectivity index (χ0v) is 15.7. The second-order valence-corrected chi connectivity index (χ2v) is 15.5. The van der Waals surface area contributed by atoms with Gasteiger partial charge in [0.05, 0.1) is 0 Å². The van der Waals surface area contributed by atoms with Gasteiger partial charge in [-0.25, -0.2) is 0 Å². The first-order valence-corrected chi connectivity index (χ1v) is 13.5. The molecule has 0 saturated heterocycles. The summed E-state index contributed by atoms with van der Waals surface area (Å²) < 4.78 is 6.00. The molecule has 4 fully saturated rings. The maximum atomic E-state index is 11.0. The Bertz CT molecular complexity index is 500. The van der Waals surface area contributed by atoms with Crippen LogP contribution in [-0.2, 0) is 27.9 Å². The highest BCUT2D eigenvalue weighted by Gasteiger charge is 2.59. The monoisotopic (exact) mass is 366 g/mol. The summed E-state index contributed by atoms with van der Waals surface area (Å²) in [6, 6.07) is 0. The Labute approximate surface area is 137 Å². The van der Waals surface area contributed by atoms with Gasteiger partial charge < -0.3 is 9.79 Å². The van der Waals surface area contributed by atoms with Gasteiger partial charge >= 0.3 is 0 Å². The van der Waals surface area contributed by atoms with Crippen LogP contribution in [0.2, 0.25) is 0 Å². The molecule has 2 atom stereocenters. The Morgan fingerprint density at radius 1 is 0.762 bits per heavy atom. The Balaban J connectivity index is 1.60. The quantitative estimate of drug-likeness (QED) is 0.728. The Kier molecular flexibility index (Phi) is 3.62. The lowest BCUT2D eigenvalue weighted by atomic mass is 10.0. The predicted octanol–water partition coefficient (Wildman–Crippen LogP) is 4.27. The van der Waals surface area contributed by atoms with Gasteiger partial charge in [-0.2, -0.15) is 0 Å². The molecule has 4 bridgehead atoms. The topological polar surface area (TPSA) is 49.7 Å². The summed E-state index contributed by atoms with van der Waals surface area (Å²) in [5, 5.41) is -0.458. The van der Waals surface area contributed by atoms with Crippen molar-refractivity contribution in [3.05, 3.63) is 0 Å². The van der Waals surface area contributed by atoms with Crippen molar-refractivity contribution in [3.8, 4) is 0 Å². The fraction of sp³-hybridized carbons (Fsp3) is 1.00. The zero-order chi connectivity index (χ0) is 14.9. The lowest BCUT2D eigenvalue weighted by Crippen LogP contribution is -2.28. The summed E-state index contributed by atoms with van der Waals surface area (Å²) in [5.41, 5.74) is 0. The summed E-state index contributed by atoms with van der Waals surface area (Å²) in [7, 11) is 0. The van der Waals surface area contributed by atoms with E-state index in [1.807, 2.05) is 0 Å². The number of hydrogen-bond acceptors (Lipinski definition) is 3. The van der Waals surface area contributed by atoms with E-state index in [9.17, 15) is 9.79 Å². The van der Waals surface area contributed by atoms with Crippen molar-refractivity contribution in [2.75, 3.05) is 0 Å². The lowest BCUT2D eigenvalue weighted by molar-refractivity contribution is 0.370. The molecule has 0 aliphatic heterocycles. The molecule has 0 amide bonds. The predicted molar refractivity (Wildman–Crippen MR) is 92.7 cm³/mol. The molecule has 4 aliphatic carbocycles. The fourth-order valence-electron chi connectivity index (χ4n) is 5.44. The molecule has 4 saturated carbocycles. The molecular weight excluding hydrogens is 342 g/mol. The summed E-state index contributed by atoms with van der Waals surface area (Å²) >= 11 is 11.2. The Morgan fingerprint density at radius 2 is 1.10 bits per heavy atom. The van der Waals surface area contributed by atoms with Crippen molar-refractivity contribution in [1.29, 1.82) is 0 Å². The van der Waals surface area contributed by atoms with E-state index < -0.39 is 13.0 Å². The van der Waals surface area contributed by atoms with E-state index in [1.165, 1.54) is 0 Å². The highest BCUT2D eigenvalue weighted by molar-refractivity contribution is 8.17. The number of rotatable bonds is 4. The summed E-state index contributed by atoms with van der Waals surface area (Å²) in [6.45, 7) is -6.02. The van der Waals surface area contributed by atoms with Crippen molar-refractivity contribution in [2.45, 2.75) is 74.5 Å². The minimum absolute atomic E-state index is 0.229. The van der Waals surface area contributed by atoms with Gasteiger partial charge in [-0.3, -0.25) is 4.31 Å². The largest absolute Gasteiger partial charge is 0.344 e. The molecule has 2 unspecified atom stereocenters. The molecule has 120 valence electrons. The third-order valence-electron chi connectivity index (χ3n) is 6.83. The third kappa shape index (κ3) is 2.22. The minimum Gasteiger partial charge on any atom is -0.344 e. The molecule has 0 heterocycles. The van der Waals surface area contributed by atoms with Gasteiger partial charge in [-0.05, 0) is 99.7 Å². The molecule has 2 N–H and O–H groups in total. The van der Waals surface area contributed by atoms with Crippen LogP contribution in [0.4, 0.5) is 0 Å². The van der Waals surface area contributed by atoms with Gasteiger partial charge in [-0.1, -0.05) is 0 Å². The van der Waals surface area contributed by atoms with E-state index >= 15 is 0 Å². The van der Waals surface area contributed by atoms with Crippen molar-refractivity contribution in [3.63, 3.8) is 0 Å². The summed E-state index contributed by atoms with van der Waals surface area (Å²) in [5.74, 6) is 1.42. The number of fused-ring (bicyclic) bond motifs is 4.